The topological polar surface area (TPSA) is 58.8 Å². The van der Waals surface area contributed by atoms with Crippen LogP contribution in [0.5, 0.6) is 0 Å². The summed E-state index contributed by atoms with van der Waals surface area (Å²) < 4.78 is 5.79. The number of likely N-dealkylation sites (tertiary alicyclic amines) is 1. The van der Waals surface area contributed by atoms with E-state index in [1.54, 1.807) is 0 Å². The number of nitrogens with two attached hydrogens (primary N) is 1. The Morgan fingerprint density at radius 1 is 1.29 bits per heavy atom. The monoisotopic (exact) mass is 295 g/mol. The van der Waals surface area contributed by atoms with Crippen molar-refractivity contribution < 1.29 is 9.53 Å². The molecule has 1 amide bonds. The van der Waals surface area contributed by atoms with Crippen LogP contribution in [-0.2, 0) is 9.53 Å². The van der Waals surface area contributed by atoms with Gasteiger partial charge >= 0.3 is 0 Å². The number of ether oxygens (including phenoxy) is 1. The fourth-order valence-electron chi connectivity index (χ4n) is 4.66. The number of likely N-dealkylation sites (N-methyl/N-ethyl adjacent to an activating group) is 1. The largest absolute Gasteiger partial charge is 0.377 e. The van der Waals surface area contributed by atoms with Gasteiger partial charge in [-0.05, 0) is 39.4 Å². The molecule has 5 nitrogen and oxygen atoms in total. The predicted molar refractivity (Wildman–Crippen MR) is 81.8 cm³/mol. The summed E-state index contributed by atoms with van der Waals surface area (Å²) in [4.78, 5) is 17.4. The van der Waals surface area contributed by atoms with Crippen molar-refractivity contribution in [1.29, 1.82) is 0 Å². The molecule has 2 aliphatic heterocycles. The molecule has 0 radical (unpaired) electrons. The molecule has 0 aromatic carbocycles. The van der Waals surface area contributed by atoms with E-state index in [1.165, 1.54) is 0 Å². The lowest BCUT2D eigenvalue weighted by atomic mass is 9.47. The second kappa shape index (κ2) is 4.93. The molecule has 0 spiro atoms. The highest BCUT2D eigenvalue weighted by Gasteiger charge is 2.71. The Kier molecular flexibility index (Phi) is 3.58. The summed E-state index contributed by atoms with van der Waals surface area (Å²) in [5.41, 5.74) is 5.63. The lowest BCUT2D eigenvalue weighted by molar-refractivity contribution is -0.185. The summed E-state index contributed by atoms with van der Waals surface area (Å²) in [6.07, 6.45) is 3.15. The summed E-state index contributed by atoms with van der Waals surface area (Å²) in [5, 5.41) is 0. The molecular weight excluding hydrogens is 266 g/mol. The van der Waals surface area contributed by atoms with E-state index in [0.29, 0.717) is 6.04 Å². The van der Waals surface area contributed by atoms with Gasteiger partial charge in [-0.25, -0.2) is 0 Å². The third kappa shape index (κ3) is 1.97. The zero-order valence-corrected chi connectivity index (χ0v) is 13.8. The maximum Gasteiger partial charge on any atom is 0.243 e. The number of piperidine rings is 1. The zero-order valence-electron chi connectivity index (χ0n) is 13.8. The first-order valence-electron chi connectivity index (χ1n) is 8.16. The molecule has 2 heterocycles. The minimum absolute atomic E-state index is 0.119. The lowest BCUT2D eigenvalue weighted by Gasteiger charge is -2.62. The van der Waals surface area contributed by atoms with E-state index in [4.69, 9.17) is 10.5 Å². The summed E-state index contributed by atoms with van der Waals surface area (Å²) in [7, 11) is 4.07. The van der Waals surface area contributed by atoms with Crippen LogP contribution in [0, 0.1) is 11.3 Å². The van der Waals surface area contributed by atoms with Gasteiger partial charge < -0.3 is 20.3 Å². The maximum absolute atomic E-state index is 13.1. The lowest BCUT2D eigenvalue weighted by Crippen LogP contribution is -2.80. The van der Waals surface area contributed by atoms with E-state index < -0.39 is 5.54 Å². The molecule has 3 atom stereocenters. The number of carbonyl (C=O) groups is 1. The Morgan fingerprint density at radius 3 is 2.52 bits per heavy atom. The molecule has 3 rings (SSSR count). The van der Waals surface area contributed by atoms with Crippen molar-refractivity contribution in [3.05, 3.63) is 0 Å². The molecule has 3 aliphatic rings. The molecule has 21 heavy (non-hydrogen) atoms. The summed E-state index contributed by atoms with van der Waals surface area (Å²) in [6, 6.07) is 0.325. The highest BCUT2D eigenvalue weighted by molar-refractivity contribution is 5.89. The van der Waals surface area contributed by atoms with Crippen molar-refractivity contribution in [3.8, 4) is 0 Å². The predicted octanol–water partition coefficient (Wildman–Crippen LogP) is 0.681. The van der Waals surface area contributed by atoms with Crippen LogP contribution < -0.4 is 5.73 Å². The van der Waals surface area contributed by atoms with Crippen molar-refractivity contribution in [3.63, 3.8) is 0 Å². The van der Waals surface area contributed by atoms with Crippen LogP contribution in [0.15, 0.2) is 0 Å². The first-order valence-corrected chi connectivity index (χ1v) is 8.16. The Bertz CT molecular complexity index is 431. The van der Waals surface area contributed by atoms with Gasteiger partial charge in [0.1, 0.15) is 5.54 Å². The third-order valence-electron chi connectivity index (χ3n) is 6.36. The Hall–Kier alpha value is -0.650. The number of hydrogen-bond donors (Lipinski definition) is 1. The van der Waals surface area contributed by atoms with E-state index in [-0.39, 0.29) is 23.3 Å². The van der Waals surface area contributed by atoms with Gasteiger partial charge in [-0.15, -0.1) is 0 Å². The molecule has 1 saturated carbocycles. The van der Waals surface area contributed by atoms with Crippen LogP contribution >= 0.6 is 0 Å². The van der Waals surface area contributed by atoms with E-state index in [9.17, 15) is 4.79 Å². The van der Waals surface area contributed by atoms with Gasteiger partial charge in [0.05, 0.1) is 6.10 Å². The molecule has 3 unspecified atom stereocenters. The van der Waals surface area contributed by atoms with E-state index in [1.807, 2.05) is 11.9 Å². The smallest absolute Gasteiger partial charge is 0.243 e. The van der Waals surface area contributed by atoms with Gasteiger partial charge in [0.2, 0.25) is 5.91 Å². The molecule has 120 valence electrons. The SMILES string of the molecule is CN1CCC(N(C)C(=O)C2(N)C3CCOC3C2(C)C)CC1. The number of fused-ring (bicyclic) bond motifs is 1. The molecule has 1 aliphatic carbocycles. The van der Waals surface area contributed by atoms with Crippen molar-refractivity contribution in [1.82, 2.24) is 9.80 Å². The standard InChI is InChI=1S/C16H29N3O2/c1-15(2)13-12(7-10-21-13)16(15,17)14(20)19(4)11-5-8-18(3)9-6-11/h11-13H,5-10,17H2,1-4H3. The van der Waals surface area contributed by atoms with Gasteiger partial charge in [0, 0.05) is 31.0 Å². The summed E-state index contributed by atoms with van der Waals surface area (Å²) >= 11 is 0. The van der Waals surface area contributed by atoms with Crippen LogP contribution in [0.1, 0.15) is 33.1 Å². The molecule has 2 saturated heterocycles. The first-order chi connectivity index (χ1) is 9.80. The van der Waals surface area contributed by atoms with Gasteiger partial charge in [0.15, 0.2) is 0 Å². The number of nitrogens with zero attached hydrogens (tertiary/aromatic N) is 2. The number of hydrogen-bond acceptors (Lipinski definition) is 4. The number of rotatable bonds is 2. The highest BCUT2D eigenvalue weighted by atomic mass is 16.5. The van der Waals surface area contributed by atoms with Crippen molar-refractivity contribution in [2.24, 2.45) is 17.1 Å². The van der Waals surface area contributed by atoms with E-state index in [2.05, 4.69) is 25.8 Å². The van der Waals surface area contributed by atoms with Gasteiger partial charge in [0.25, 0.3) is 0 Å². The Labute approximate surface area is 127 Å². The fourth-order valence-corrected chi connectivity index (χ4v) is 4.66. The molecule has 0 aromatic rings. The minimum atomic E-state index is -0.758. The second-order valence-electron chi connectivity index (χ2n) is 7.73. The van der Waals surface area contributed by atoms with E-state index in [0.717, 1.165) is 39.0 Å². The van der Waals surface area contributed by atoms with Crippen LogP contribution in [0.4, 0.5) is 0 Å². The molecule has 0 aromatic heterocycles. The normalized spacial score (nSPS) is 39.7. The second-order valence-corrected chi connectivity index (χ2v) is 7.73. The minimum Gasteiger partial charge on any atom is -0.377 e. The number of carbonyl (C=O) groups excluding carboxylic acids is 1. The molecule has 3 fully saturated rings. The zero-order chi connectivity index (χ0) is 15.4. The molecule has 5 heteroatoms. The third-order valence-corrected chi connectivity index (χ3v) is 6.36. The van der Waals surface area contributed by atoms with Gasteiger partial charge in [-0.2, -0.15) is 0 Å². The first kappa shape index (κ1) is 15.3. The van der Waals surface area contributed by atoms with Gasteiger partial charge in [-0.1, -0.05) is 13.8 Å². The Balaban J connectivity index is 1.75. The van der Waals surface area contributed by atoms with Crippen LogP contribution in [0.25, 0.3) is 0 Å². The van der Waals surface area contributed by atoms with Gasteiger partial charge in [-0.3, -0.25) is 4.79 Å². The van der Waals surface area contributed by atoms with Crippen LogP contribution in [-0.4, -0.2) is 67.2 Å². The van der Waals surface area contributed by atoms with Crippen molar-refractivity contribution in [2.75, 3.05) is 33.8 Å². The molecule has 0 bridgehead atoms. The quantitative estimate of drug-likeness (QED) is 0.814. The summed E-state index contributed by atoms with van der Waals surface area (Å²) in [5.74, 6) is 0.308. The average molecular weight is 295 g/mol. The molecule has 2 N–H and O–H groups in total. The average Bonchev–Trinajstić information content (AvgIpc) is 2.94. The highest BCUT2D eigenvalue weighted by Crippen LogP contribution is 2.58. The molecular formula is C16H29N3O2. The Morgan fingerprint density at radius 2 is 1.90 bits per heavy atom. The number of amides is 1. The van der Waals surface area contributed by atoms with Crippen LogP contribution in [0.3, 0.4) is 0 Å². The van der Waals surface area contributed by atoms with E-state index >= 15 is 0 Å². The van der Waals surface area contributed by atoms with Crippen molar-refractivity contribution in [2.45, 2.75) is 50.8 Å². The van der Waals surface area contributed by atoms with Crippen LogP contribution in [0.2, 0.25) is 0 Å². The van der Waals surface area contributed by atoms with Crippen molar-refractivity contribution >= 4 is 5.91 Å². The summed E-state index contributed by atoms with van der Waals surface area (Å²) in [6.45, 7) is 7.01. The maximum atomic E-state index is 13.1. The fraction of sp³-hybridized carbons (Fsp3) is 0.938.